The Morgan fingerprint density at radius 1 is 1.38 bits per heavy atom. The first-order valence-electron chi connectivity index (χ1n) is 3.81. The van der Waals surface area contributed by atoms with Gasteiger partial charge in [0.25, 0.3) is 0 Å². The van der Waals surface area contributed by atoms with Gasteiger partial charge in [-0.05, 0) is 12.1 Å². The van der Waals surface area contributed by atoms with Crippen LogP contribution >= 0.6 is 0 Å². The molecule has 0 aliphatic heterocycles. The number of aromatic nitrogens is 2. The molecule has 0 fully saturated rings. The summed E-state index contributed by atoms with van der Waals surface area (Å²) in [5.41, 5.74) is 1.37. The van der Waals surface area contributed by atoms with Gasteiger partial charge in [0.05, 0.1) is 7.11 Å². The van der Waals surface area contributed by atoms with E-state index in [4.69, 9.17) is 9.26 Å². The van der Waals surface area contributed by atoms with E-state index in [1.54, 1.807) is 19.4 Å². The van der Waals surface area contributed by atoms with Crippen LogP contribution in [0.4, 0.5) is 0 Å². The molecule has 0 aromatic carbocycles. The third kappa shape index (κ3) is 1.38. The smallest absolute Gasteiger partial charge is 0.146 e. The average molecular weight is 176 g/mol. The molecular weight excluding hydrogens is 168 g/mol. The molecule has 0 unspecified atom stereocenters. The zero-order chi connectivity index (χ0) is 9.10. The third-order valence-electron chi connectivity index (χ3n) is 1.67. The van der Waals surface area contributed by atoms with E-state index in [9.17, 15) is 0 Å². The predicted octanol–water partition coefficient (Wildman–Crippen LogP) is 1.75. The summed E-state index contributed by atoms with van der Waals surface area (Å²) < 4.78 is 9.85. The molecule has 0 bridgehead atoms. The largest absolute Gasteiger partial charge is 0.494 e. The molecule has 0 aliphatic carbocycles. The van der Waals surface area contributed by atoms with Crippen molar-refractivity contribution in [3.05, 3.63) is 30.7 Å². The van der Waals surface area contributed by atoms with Gasteiger partial charge in [0, 0.05) is 12.3 Å². The number of nitrogens with zero attached hydrogens (tertiary/aromatic N) is 2. The lowest BCUT2D eigenvalue weighted by atomic mass is 10.2. The SMILES string of the molecule is COc1cccnc1-c1ccon1. The summed E-state index contributed by atoms with van der Waals surface area (Å²) in [6.07, 6.45) is 3.19. The Kier molecular flexibility index (Phi) is 1.96. The van der Waals surface area contributed by atoms with Crippen LogP contribution < -0.4 is 4.74 Å². The highest BCUT2D eigenvalue weighted by atomic mass is 16.5. The van der Waals surface area contributed by atoms with E-state index in [1.807, 2.05) is 12.1 Å². The first-order chi connectivity index (χ1) is 6.42. The molecule has 0 aliphatic rings. The molecule has 0 spiro atoms. The van der Waals surface area contributed by atoms with Crippen molar-refractivity contribution in [1.82, 2.24) is 10.1 Å². The van der Waals surface area contributed by atoms with E-state index >= 15 is 0 Å². The summed E-state index contributed by atoms with van der Waals surface area (Å²) in [6, 6.07) is 5.38. The van der Waals surface area contributed by atoms with Gasteiger partial charge in [-0.2, -0.15) is 0 Å². The van der Waals surface area contributed by atoms with E-state index in [-0.39, 0.29) is 0 Å². The maximum Gasteiger partial charge on any atom is 0.146 e. The van der Waals surface area contributed by atoms with Gasteiger partial charge in [0.2, 0.25) is 0 Å². The van der Waals surface area contributed by atoms with Crippen LogP contribution in [0.2, 0.25) is 0 Å². The Balaban J connectivity index is 2.51. The minimum absolute atomic E-state index is 0.678. The number of hydrogen-bond acceptors (Lipinski definition) is 4. The molecule has 2 aromatic heterocycles. The van der Waals surface area contributed by atoms with E-state index in [1.165, 1.54) is 6.26 Å². The Labute approximate surface area is 75.2 Å². The topological polar surface area (TPSA) is 48.2 Å². The number of ether oxygens (including phenoxy) is 1. The van der Waals surface area contributed by atoms with Gasteiger partial charge in [-0.25, -0.2) is 0 Å². The quantitative estimate of drug-likeness (QED) is 0.699. The average Bonchev–Trinajstić information content (AvgIpc) is 2.70. The highest BCUT2D eigenvalue weighted by molar-refractivity contribution is 5.61. The zero-order valence-electron chi connectivity index (χ0n) is 7.10. The first kappa shape index (κ1) is 7.79. The third-order valence-corrected chi connectivity index (χ3v) is 1.67. The fourth-order valence-corrected chi connectivity index (χ4v) is 1.08. The lowest BCUT2D eigenvalue weighted by Gasteiger charge is -2.02. The lowest BCUT2D eigenvalue weighted by Crippen LogP contribution is -1.90. The van der Waals surface area contributed by atoms with E-state index < -0.39 is 0 Å². The van der Waals surface area contributed by atoms with Crippen molar-refractivity contribution in [1.29, 1.82) is 0 Å². The fraction of sp³-hybridized carbons (Fsp3) is 0.111. The van der Waals surface area contributed by atoms with E-state index in [2.05, 4.69) is 10.1 Å². The van der Waals surface area contributed by atoms with Gasteiger partial charge in [-0.3, -0.25) is 4.98 Å². The minimum atomic E-state index is 0.678. The van der Waals surface area contributed by atoms with Crippen LogP contribution in [-0.2, 0) is 0 Å². The maximum absolute atomic E-state index is 5.12. The molecular formula is C9H8N2O2. The van der Waals surface area contributed by atoms with Gasteiger partial charge in [0.1, 0.15) is 23.4 Å². The number of methoxy groups -OCH3 is 1. The fourth-order valence-electron chi connectivity index (χ4n) is 1.08. The molecule has 66 valence electrons. The van der Waals surface area contributed by atoms with E-state index in [0.717, 1.165) is 0 Å². The predicted molar refractivity (Wildman–Crippen MR) is 46.3 cm³/mol. The molecule has 2 aromatic rings. The Morgan fingerprint density at radius 3 is 3.00 bits per heavy atom. The highest BCUT2D eigenvalue weighted by Gasteiger charge is 2.08. The van der Waals surface area contributed by atoms with Gasteiger partial charge >= 0.3 is 0 Å². The molecule has 0 radical (unpaired) electrons. The van der Waals surface area contributed by atoms with Crippen LogP contribution in [0.25, 0.3) is 11.4 Å². The monoisotopic (exact) mass is 176 g/mol. The Morgan fingerprint density at radius 2 is 2.31 bits per heavy atom. The van der Waals surface area contributed by atoms with Gasteiger partial charge in [-0.1, -0.05) is 5.16 Å². The molecule has 0 N–H and O–H groups in total. The molecule has 2 rings (SSSR count). The van der Waals surface area contributed by atoms with Crippen LogP contribution in [0.15, 0.2) is 35.2 Å². The summed E-state index contributed by atoms with van der Waals surface area (Å²) in [4.78, 5) is 4.14. The Hall–Kier alpha value is -1.84. The van der Waals surface area contributed by atoms with Gasteiger partial charge in [-0.15, -0.1) is 0 Å². The molecule has 0 saturated carbocycles. The van der Waals surface area contributed by atoms with Crippen molar-refractivity contribution in [3.63, 3.8) is 0 Å². The second-order valence-electron chi connectivity index (χ2n) is 2.44. The van der Waals surface area contributed by atoms with Crippen LogP contribution in [0.3, 0.4) is 0 Å². The summed E-state index contributed by atoms with van der Waals surface area (Å²) in [6.45, 7) is 0. The second kappa shape index (κ2) is 3.26. The standard InChI is InChI=1S/C9H8N2O2/c1-12-8-3-2-5-10-9(8)7-4-6-13-11-7/h2-6H,1H3. The first-order valence-corrected chi connectivity index (χ1v) is 3.81. The van der Waals surface area contributed by atoms with Crippen LogP contribution in [0.1, 0.15) is 0 Å². The molecule has 0 saturated heterocycles. The number of rotatable bonds is 2. The number of pyridine rings is 1. The number of hydrogen-bond donors (Lipinski definition) is 0. The van der Waals surface area contributed by atoms with E-state index in [0.29, 0.717) is 17.1 Å². The summed E-state index contributed by atoms with van der Waals surface area (Å²) in [5, 5.41) is 3.78. The minimum Gasteiger partial charge on any atom is -0.494 e. The summed E-state index contributed by atoms with van der Waals surface area (Å²) in [7, 11) is 1.60. The van der Waals surface area contributed by atoms with Crippen molar-refractivity contribution in [3.8, 4) is 17.1 Å². The summed E-state index contributed by atoms with van der Waals surface area (Å²) >= 11 is 0. The normalized spacial score (nSPS) is 9.92. The molecule has 0 atom stereocenters. The second-order valence-corrected chi connectivity index (χ2v) is 2.44. The molecule has 2 heterocycles. The van der Waals surface area contributed by atoms with Gasteiger partial charge < -0.3 is 9.26 Å². The van der Waals surface area contributed by atoms with Crippen LogP contribution in [0, 0.1) is 0 Å². The highest BCUT2D eigenvalue weighted by Crippen LogP contribution is 2.24. The molecule has 4 nitrogen and oxygen atoms in total. The maximum atomic E-state index is 5.12. The van der Waals surface area contributed by atoms with Crippen LogP contribution in [0.5, 0.6) is 5.75 Å². The van der Waals surface area contributed by atoms with Crippen molar-refractivity contribution in [2.45, 2.75) is 0 Å². The van der Waals surface area contributed by atoms with Crippen molar-refractivity contribution in [2.75, 3.05) is 7.11 Å². The van der Waals surface area contributed by atoms with Crippen molar-refractivity contribution >= 4 is 0 Å². The van der Waals surface area contributed by atoms with Crippen molar-refractivity contribution < 1.29 is 9.26 Å². The molecule has 0 amide bonds. The Bertz CT molecular complexity index is 384. The molecule has 4 heteroatoms. The zero-order valence-corrected chi connectivity index (χ0v) is 7.10. The van der Waals surface area contributed by atoms with Crippen LogP contribution in [-0.4, -0.2) is 17.3 Å². The van der Waals surface area contributed by atoms with Gasteiger partial charge in [0.15, 0.2) is 0 Å². The van der Waals surface area contributed by atoms with Crippen molar-refractivity contribution in [2.24, 2.45) is 0 Å². The summed E-state index contributed by atoms with van der Waals surface area (Å²) in [5.74, 6) is 0.691. The molecule has 13 heavy (non-hydrogen) atoms. The lowest BCUT2D eigenvalue weighted by molar-refractivity contribution is 0.409.